The van der Waals surface area contributed by atoms with E-state index in [9.17, 15) is 14.4 Å². The number of ketones is 1. The van der Waals surface area contributed by atoms with Gasteiger partial charge in [-0.3, -0.25) is 14.4 Å². The van der Waals surface area contributed by atoms with E-state index in [1.54, 1.807) is 24.3 Å². The minimum atomic E-state index is -0.584. The molecule has 1 aromatic heterocycles. The lowest BCUT2D eigenvalue weighted by Gasteiger charge is -2.09. The van der Waals surface area contributed by atoms with Crippen LogP contribution in [0.3, 0.4) is 0 Å². The molecule has 1 N–H and O–H groups in total. The Morgan fingerprint density at radius 3 is 2.56 bits per heavy atom. The summed E-state index contributed by atoms with van der Waals surface area (Å²) in [7, 11) is 0. The highest BCUT2D eigenvalue weighted by Gasteiger charge is 2.13. The summed E-state index contributed by atoms with van der Waals surface area (Å²) in [5.74, 6) is -1.15. The highest BCUT2D eigenvalue weighted by atomic mass is 35.5. The third-order valence-electron chi connectivity index (χ3n) is 3.41. The number of aryl methyl sites for hydroxylation is 2. The van der Waals surface area contributed by atoms with E-state index < -0.39 is 18.5 Å². The topological polar surface area (TPSA) is 72.5 Å². The second kappa shape index (κ2) is 8.78. The van der Waals surface area contributed by atoms with E-state index in [1.165, 1.54) is 11.3 Å². The summed E-state index contributed by atoms with van der Waals surface area (Å²) in [5, 5.41) is 3.13. The molecule has 1 heterocycles. The van der Waals surface area contributed by atoms with E-state index in [4.69, 9.17) is 16.3 Å². The van der Waals surface area contributed by atoms with Crippen molar-refractivity contribution in [2.75, 3.05) is 11.9 Å². The Kier molecular flexibility index (Phi) is 6.73. The van der Waals surface area contributed by atoms with E-state index in [2.05, 4.69) is 5.32 Å². The Hall–Kier alpha value is -2.18. The average molecular weight is 380 g/mol. The Bertz CT molecular complexity index is 800. The van der Waals surface area contributed by atoms with Crippen molar-refractivity contribution in [2.24, 2.45) is 0 Å². The van der Waals surface area contributed by atoms with Crippen molar-refractivity contribution < 1.29 is 19.1 Å². The lowest BCUT2D eigenvalue weighted by molar-refractivity contribution is -0.147. The molecule has 0 aliphatic rings. The number of hydrogen-bond acceptors (Lipinski definition) is 5. The van der Waals surface area contributed by atoms with Crippen LogP contribution in [0.1, 0.15) is 33.0 Å². The third-order valence-corrected chi connectivity index (χ3v) is 4.69. The standard InChI is InChI=1S/C18H18ClNO4S/c1-11-3-5-13(19)9-14(11)20-17(22)10-24-18(23)8-6-15(21)16-7-4-12(2)25-16/h3-5,7,9H,6,8,10H2,1-2H3,(H,20,22). The Balaban J connectivity index is 1.75. The van der Waals surface area contributed by atoms with Gasteiger partial charge in [-0.1, -0.05) is 17.7 Å². The minimum absolute atomic E-state index is 0.0563. The fraction of sp³-hybridized carbons (Fsp3) is 0.278. The number of rotatable bonds is 7. The second-order valence-corrected chi connectivity index (χ2v) is 7.23. The van der Waals surface area contributed by atoms with Crippen LogP contribution in [0.2, 0.25) is 5.02 Å². The Morgan fingerprint density at radius 2 is 1.88 bits per heavy atom. The molecule has 0 spiro atoms. The van der Waals surface area contributed by atoms with Crippen LogP contribution in [0.15, 0.2) is 30.3 Å². The van der Waals surface area contributed by atoms with Crippen LogP contribution < -0.4 is 5.32 Å². The van der Waals surface area contributed by atoms with Gasteiger partial charge >= 0.3 is 5.97 Å². The van der Waals surface area contributed by atoms with Crippen molar-refractivity contribution in [3.05, 3.63) is 50.7 Å². The number of hydrogen-bond donors (Lipinski definition) is 1. The first-order valence-electron chi connectivity index (χ1n) is 7.66. The fourth-order valence-corrected chi connectivity index (χ4v) is 3.06. The molecular weight excluding hydrogens is 362 g/mol. The van der Waals surface area contributed by atoms with Gasteiger partial charge < -0.3 is 10.1 Å². The number of thiophene rings is 1. The first-order chi connectivity index (χ1) is 11.8. The summed E-state index contributed by atoms with van der Waals surface area (Å²) in [6.07, 6.45) is 0.00700. The zero-order valence-corrected chi connectivity index (χ0v) is 15.5. The predicted octanol–water partition coefficient (Wildman–Crippen LogP) is 4.16. The van der Waals surface area contributed by atoms with Crippen molar-refractivity contribution in [2.45, 2.75) is 26.7 Å². The number of ether oxygens (including phenoxy) is 1. The predicted molar refractivity (Wildman–Crippen MR) is 98.4 cm³/mol. The SMILES string of the molecule is Cc1ccc(C(=O)CCC(=O)OCC(=O)Nc2cc(Cl)ccc2C)s1. The molecule has 7 heteroatoms. The van der Waals surface area contributed by atoms with Crippen LogP contribution in [0.25, 0.3) is 0 Å². The van der Waals surface area contributed by atoms with Crippen LogP contribution in [-0.2, 0) is 14.3 Å². The van der Waals surface area contributed by atoms with Gasteiger partial charge in [0.05, 0.1) is 11.3 Å². The van der Waals surface area contributed by atoms with Crippen LogP contribution in [0, 0.1) is 13.8 Å². The largest absolute Gasteiger partial charge is 0.456 e. The third kappa shape index (κ3) is 5.99. The number of halogens is 1. The van der Waals surface area contributed by atoms with Crippen molar-refractivity contribution in [1.29, 1.82) is 0 Å². The first kappa shape index (κ1) is 19.1. The van der Waals surface area contributed by atoms with E-state index >= 15 is 0 Å². The zero-order chi connectivity index (χ0) is 18.4. The molecule has 5 nitrogen and oxygen atoms in total. The van der Waals surface area contributed by atoms with Gasteiger partial charge in [-0.05, 0) is 43.7 Å². The number of amides is 1. The lowest BCUT2D eigenvalue weighted by atomic mass is 10.2. The molecule has 0 aliphatic carbocycles. The van der Waals surface area contributed by atoms with Gasteiger partial charge in [-0.15, -0.1) is 11.3 Å². The van der Waals surface area contributed by atoms with E-state index in [0.29, 0.717) is 15.6 Å². The van der Waals surface area contributed by atoms with Gasteiger partial charge in [0, 0.05) is 22.0 Å². The number of carbonyl (C=O) groups excluding carboxylic acids is 3. The van der Waals surface area contributed by atoms with Crippen LogP contribution in [0.5, 0.6) is 0 Å². The molecular formula is C18H18ClNO4S. The van der Waals surface area contributed by atoms with E-state index in [0.717, 1.165) is 10.4 Å². The maximum absolute atomic E-state index is 11.9. The zero-order valence-electron chi connectivity index (χ0n) is 13.9. The minimum Gasteiger partial charge on any atom is -0.456 e. The lowest BCUT2D eigenvalue weighted by Crippen LogP contribution is -2.21. The molecule has 0 radical (unpaired) electrons. The van der Waals surface area contributed by atoms with Gasteiger partial charge in [0.2, 0.25) is 0 Å². The number of carbonyl (C=O) groups is 3. The highest BCUT2D eigenvalue weighted by Crippen LogP contribution is 2.20. The summed E-state index contributed by atoms with van der Waals surface area (Å²) < 4.78 is 4.90. The number of nitrogens with one attached hydrogen (secondary N) is 1. The van der Waals surface area contributed by atoms with Crippen LogP contribution in [-0.4, -0.2) is 24.3 Å². The molecule has 0 saturated heterocycles. The van der Waals surface area contributed by atoms with Gasteiger partial charge in [-0.2, -0.15) is 0 Å². The number of Topliss-reactive ketones (excluding diaryl/α,β-unsaturated/α-hetero) is 1. The van der Waals surface area contributed by atoms with Crippen molar-refractivity contribution >= 4 is 46.3 Å². The van der Waals surface area contributed by atoms with Crippen LogP contribution in [0.4, 0.5) is 5.69 Å². The molecule has 0 unspecified atom stereocenters. The summed E-state index contributed by atoms with van der Waals surface area (Å²) in [6, 6.07) is 8.73. The van der Waals surface area contributed by atoms with Gasteiger partial charge in [-0.25, -0.2) is 0 Å². The summed E-state index contributed by atoms with van der Waals surface area (Å²) in [5.41, 5.74) is 1.41. The quantitative estimate of drug-likeness (QED) is 0.579. The highest BCUT2D eigenvalue weighted by molar-refractivity contribution is 7.14. The smallest absolute Gasteiger partial charge is 0.306 e. The summed E-state index contributed by atoms with van der Waals surface area (Å²) in [4.78, 5) is 37.1. The summed E-state index contributed by atoms with van der Waals surface area (Å²) in [6.45, 7) is 3.34. The molecule has 25 heavy (non-hydrogen) atoms. The molecule has 0 aliphatic heterocycles. The number of anilines is 1. The Labute approximate surface area is 154 Å². The van der Waals surface area contributed by atoms with Crippen molar-refractivity contribution in [1.82, 2.24) is 0 Å². The maximum atomic E-state index is 11.9. The molecule has 0 fully saturated rings. The van der Waals surface area contributed by atoms with Crippen molar-refractivity contribution in [3.8, 4) is 0 Å². The average Bonchev–Trinajstić information content (AvgIpc) is 3.00. The molecule has 1 amide bonds. The molecule has 132 valence electrons. The molecule has 2 aromatic rings. The summed E-state index contributed by atoms with van der Waals surface area (Å²) >= 11 is 7.28. The normalized spacial score (nSPS) is 10.4. The van der Waals surface area contributed by atoms with Gasteiger partial charge in [0.1, 0.15) is 0 Å². The van der Waals surface area contributed by atoms with Crippen LogP contribution >= 0.6 is 22.9 Å². The molecule has 0 saturated carbocycles. The molecule has 2 rings (SSSR count). The van der Waals surface area contributed by atoms with E-state index in [-0.39, 0.29) is 18.6 Å². The molecule has 0 bridgehead atoms. The van der Waals surface area contributed by atoms with Crippen molar-refractivity contribution in [3.63, 3.8) is 0 Å². The monoisotopic (exact) mass is 379 g/mol. The molecule has 1 aromatic carbocycles. The Morgan fingerprint density at radius 1 is 1.12 bits per heavy atom. The number of benzene rings is 1. The first-order valence-corrected chi connectivity index (χ1v) is 8.86. The van der Waals surface area contributed by atoms with E-state index in [1.807, 2.05) is 19.9 Å². The van der Waals surface area contributed by atoms with Gasteiger partial charge in [0.15, 0.2) is 12.4 Å². The molecule has 0 atom stereocenters. The second-order valence-electron chi connectivity index (χ2n) is 5.50. The fourth-order valence-electron chi connectivity index (χ4n) is 2.06. The maximum Gasteiger partial charge on any atom is 0.306 e. The van der Waals surface area contributed by atoms with Gasteiger partial charge in [0.25, 0.3) is 5.91 Å². The number of esters is 1.